The summed E-state index contributed by atoms with van der Waals surface area (Å²) < 4.78 is 0. The lowest BCUT2D eigenvalue weighted by Gasteiger charge is -2.32. The Kier molecular flexibility index (Phi) is 5.19. The number of amides is 1. The summed E-state index contributed by atoms with van der Waals surface area (Å²) in [6.45, 7) is 3.59. The van der Waals surface area contributed by atoms with E-state index in [2.05, 4.69) is 16.3 Å². The van der Waals surface area contributed by atoms with E-state index in [1.807, 2.05) is 37.3 Å². The molecule has 0 radical (unpaired) electrons. The van der Waals surface area contributed by atoms with Gasteiger partial charge in [0.15, 0.2) is 5.78 Å². The first-order chi connectivity index (χ1) is 12.0. The van der Waals surface area contributed by atoms with Crippen LogP contribution in [0.1, 0.15) is 43.0 Å². The number of rotatable bonds is 6. The fraction of sp³-hybridized carbons (Fsp3) is 0.550. The molecule has 1 aromatic carbocycles. The van der Waals surface area contributed by atoms with Crippen LogP contribution >= 0.6 is 0 Å². The van der Waals surface area contributed by atoms with Crippen LogP contribution in [0.15, 0.2) is 30.3 Å². The van der Waals surface area contributed by atoms with Crippen LogP contribution in [0.4, 0.5) is 0 Å². The third-order valence-corrected chi connectivity index (χ3v) is 5.41. The van der Waals surface area contributed by atoms with Gasteiger partial charge in [-0.2, -0.15) is 5.26 Å². The Balaban J connectivity index is 1.47. The summed E-state index contributed by atoms with van der Waals surface area (Å²) in [5.41, 5.74) is 0.0338. The van der Waals surface area contributed by atoms with Crippen molar-refractivity contribution in [2.45, 2.75) is 38.1 Å². The molecule has 1 saturated heterocycles. The molecule has 2 fully saturated rings. The molecule has 1 aliphatic carbocycles. The number of nitrogens with zero attached hydrogens (tertiary/aromatic N) is 2. The van der Waals surface area contributed by atoms with Gasteiger partial charge in [0.1, 0.15) is 5.54 Å². The maximum Gasteiger partial charge on any atom is 0.235 e. The van der Waals surface area contributed by atoms with Gasteiger partial charge in [-0.1, -0.05) is 30.3 Å². The Bertz CT molecular complexity index is 670. The van der Waals surface area contributed by atoms with E-state index in [-0.39, 0.29) is 23.5 Å². The van der Waals surface area contributed by atoms with Gasteiger partial charge in [0.25, 0.3) is 0 Å². The number of benzene rings is 1. The van der Waals surface area contributed by atoms with Crippen LogP contribution in [0, 0.1) is 23.2 Å². The molecule has 3 rings (SSSR count). The average Bonchev–Trinajstić information content (AvgIpc) is 3.48. The van der Waals surface area contributed by atoms with Gasteiger partial charge < -0.3 is 5.32 Å². The zero-order valence-corrected chi connectivity index (χ0v) is 14.7. The van der Waals surface area contributed by atoms with Crippen LogP contribution in [0.25, 0.3) is 0 Å². The molecule has 5 nitrogen and oxygen atoms in total. The van der Waals surface area contributed by atoms with Crippen LogP contribution in [0.5, 0.6) is 0 Å². The first-order valence-electron chi connectivity index (χ1n) is 9.06. The number of hydrogen-bond acceptors (Lipinski definition) is 4. The number of nitrogens with one attached hydrogen (secondary N) is 1. The van der Waals surface area contributed by atoms with Crippen LogP contribution in [-0.2, 0) is 4.79 Å². The number of Topliss-reactive ketones (excluding diaryl/α,β-unsaturated/α-hetero) is 1. The summed E-state index contributed by atoms with van der Waals surface area (Å²) in [6, 6.07) is 11.7. The van der Waals surface area contributed by atoms with Gasteiger partial charge in [-0.25, -0.2) is 0 Å². The van der Waals surface area contributed by atoms with Crippen LogP contribution in [-0.4, -0.2) is 41.8 Å². The standard InChI is InChI=1S/C20H25N3O2/c1-20(14-21,17-7-8-17)22-18(24)13-23-11-9-16(10-12-23)19(25)15-5-3-2-4-6-15/h2-6,16-17H,7-13H2,1H3,(H,22,24). The largest absolute Gasteiger partial charge is 0.337 e. The number of carbonyl (C=O) groups is 2. The SMILES string of the molecule is CC(C#N)(NC(=O)CN1CCC(C(=O)c2ccccc2)CC1)C1CC1. The van der Waals surface area contributed by atoms with E-state index in [1.54, 1.807) is 0 Å². The minimum absolute atomic E-state index is 0.0394. The van der Waals surface area contributed by atoms with E-state index >= 15 is 0 Å². The van der Waals surface area contributed by atoms with Crippen molar-refractivity contribution in [1.82, 2.24) is 10.2 Å². The Morgan fingerprint density at radius 2 is 1.84 bits per heavy atom. The van der Waals surface area contributed by atoms with Gasteiger partial charge >= 0.3 is 0 Å². The lowest BCUT2D eigenvalue weighted by atomic mass is 9.89. The first kappa shape index (κ1) is 17.6. The molecule has 132 valence electrons. The number of ketones is 1. The number of carbonyl (C=O) groups excluding carboxylic acids is 2. The van der Waals surface area contributed by atoms with Crippen LogP contribution in [0.3, 0.4) is 0 Å². The number of nitriles is 1. The lowest BCUT2D eigenvalue weighted by Crippen LogP contribution is -2.51. The fourth-order valence-electron chi connectivity index (χ4n) is 3.61. The number of hydrogen-bond donors (Lipinski definition) is 1. The third-order valence-electron chi connectivity index (χ3n) is 5.41. The minimum atomic E-state index is -0.737. The molecule has 25 heavy (non-hydrogen) atoms. The fourth-order valence-corrected chi connectivity index (χ4v) is 3.61. The highest BCUT2D eigenvalue weighted by molar-refractivity contribution is 5.97. The molecule has 2 aliphatic rings. The zero-order valence-electron chi connectivity index (χ0n) is 14.7. The second-order valence-corrected chi connectivity index (χ2v) is 7.42. The monoisotopic (exact) mass is 339 g/mol. The van der Waals surface area contributed by atoms with E-state index in [0.29, 0.717) is 6.54 Å². The summed E-state index contributed by atoms with van der Waals surface area (Å²) in [4.78, 5) is 26.9. The zero-order chi connectivity index (χ0) is 17.9. The van der Waals surface area contributed by atoms with Gasteiger partial charge in [0.05, 0.1) is 12.6 Å². The predicted octanol–water partition coefficient (Wildman–Crippen LogP) is 2.39. The van der Waals surface area contributed by atoms with Gasteiger partial charge in [-0.15, -0.1) is 0 Å². The second-order valence-electron chi connectivity index (χ2n) is 7.42. The molecule has 1 N–H and O–H groups in total. The van der Waals surface area contributed by atoms with Crippen molar-refractivity contribution < 1.29 is 9.59 Å². The highest BCUT2D eigenvalue weighted by Crippen LogP contribution is 2.39. The highest BCUT2D eigenvalue weighted by atomic mass is 16.2. The third kappa shape index (κ3) is 4.26. The summed E-state index contributed by atoms with van der Waals surface area (Å²) in [7, 11) is 0. The molecule has 0 aromatic heterocycles. The second kappa shape index (κ2) is 7.37. The van der Waals surface area contributed by atoms with Crippen molar-refractivity contribution in [3.8, 4) is 6.07 Å². The molecular weight excluding hydrogens is 314 g/mol. The maximum atomic E-state index is 12.5. The Labute approximate surface area is 149 Å². The van der Waals surface area contributed by atoms with Gasteiger partial charge in [-0.05, 0) is 51.6 Å². The van der Waals surface area contributed by atoms with E-state index < -0.39 is 5.54 Å². The lowest BCUT2D eigenvalue weighted by molar-refractivity contribution is -0.124. The summed E-state index contributed by atoms with van der Waals surface area (Å²) in [5, 5.41) is 12.2. The molecule has 1 atom stereocenters. The van der Waals surface area contributed by atoms with E-state index in [9.17, 15) is 14.9 Å². The maximum absolute atomic E-state index is 12.5. The van der Waals surface area contributed by atoms with E-state index in [1.165, 1.54) is 0 Å². The molecule has 5 heteroatoms. The summed E-state index contributed by atoms with van der Waals surface area (Å²) in [5.74, 6) is 0.438. The molecule has 0 spiro atoms. The normalized spacial score (nSPS) is 21.1. The smallest absolute Gasteiger partial charge is 0.235 e. The van der Waals surface area contributed by atoms with Crippen LogP contribution < -0.4 is 5.32 Å². The van der Waals surface area contributed by atoms with Gasteiger partial charge in [-0.3, -0.25) is 14.5 Å². The van der Waals surface area contributed by atoms with Crippen molar-refractivity contribution >= 4 is 11.7 Å². The van der Waals surface area contributed by atoms with Crippen molar-refractivity contribution in [3.63, 3.8) is 0 Å². The number of piperidine rings is 1. The topological polar surface area (TPSA) is 73.2 Å². The molecule has 1 aromatic rings. The highest BCUT2D eigenvalue weighted by Gasteiger charge is 2.43. The average molecular weight is 339 g/mol. The Hall–Kier alpha value is -2.19. The van der Waals surface area contributed by atoms with Gasteiger partial charge in [0.2, 0.25) is 5.91 Å². The molecule has 1 unspecified atom stereocenters. The molecule has 1 saturated carbocycles. The Morgan fingerprint density at radius 1 is 1.20 bits per heavy atom. The van der Waals surface area contributed by atoms with Crippen molar-refractivity contribution in [2.75, 3.05) is 19.6 Å². The number of likely N-dealkylation sites (tertiary alicyclic amines) is 1. The molecule has 1 heterocycles. The van der Waals surface area contributed by atoms with Crippen molar-refractivity contribution in [2.24, 2.45) is 11.8 Å². The minimum Gasteiger partial charge on any atom is -0.337 e. The van der Waals surface area contributed by atoms with Gasteiger partial charge in [0, 0.05) is 11.5 Å². The quantitative estimate of drug-likeness (QED) is 0.808. The molecule has 0 bridgehead atoms. The first-order valence-corrected chi connectivity index (χ1v) is 9.06. The molecule has 1 aliphatic heterocycles. The summed E-state index contributed by atoms with van der Waals surface area (Å²) in [6.07, 6.45) is 3.58. The van der Waals surface area contributed by atoms with Crippen molar-refractivity contribution in [1.29, 1.82) is 5.26 Å². The van der Waals surface area contributed by atoms with E-state index in [4.69, 9.17) is 0 Å². The molecular formula is C20H25N3O2. The Morgan fingerprint density at radius 3 is 2.40 bits per heavy atom. The molecule has 1 amide bonds. The van der Waals surface area contributed by atoms with Crippen molar-refractivity contribution in [3.05, 3.63) is 35.9 Å². The van der Waals surface area contributed by atoms with Crippen LogP contribution in [0.2, 0.25) is 0 Å². The van der Waals surface area contributed by atoms with E-state index in [0.717, 1.165) is 44.3 Å². The predicted molar refractivity (Wildman–Crippen MR) is 94.8 cm³/mol. The summed E-state index contributed by atoms with van der Waals surface area (Å²) >= 11 is 0.